The molecular weight excluding hydrogens is 340 g/mol. The summed E-state index contributed by atoms with van der Waals surface area (Å²) in [6.07, 6.45) is 12.2. The molecule has 0 bridgehead atoms. The number of aryl methyl sites for hydroxylation is 1. The molecule has 0 amide bonds. The molecule has 3 aromatic heterocycles. The van der Waals surface area contributed by atoms with Crippen molar-refractivity contribution in [3.63, 3.8) is 0 Å². The van der Waals surface area contributed by atoms with Crippen molar-refractivity contribution in [2.24, 2.45) is 5.92 Å². The van der Waals surface area contributed by atoms with E-state index in [1.165, 1.54) is 44.9 Å². The Bertz CT molecular complexity index is 1020. The molecule has 0 radical (unpaired) electrons. The average Bonchev–Trinajstić information content (AvgIpc) is 3.42. The molecule has 7 heteroatoms. The molecule has 7 nitrogen and oxygen atoms in total. The van der Waals surface area contributed by atoms with E-state index in [4.69, 9.17) is 15.1 Å². The van der Waals surface area contributed by atoms with Gasteiger partial charge in [-0.05, 0) is 25.7 Å². The van der Waals surface area contributed by atoms with Crippen LogP contribution in [0, 0.1) is 5.92 Å². The maximum atomic E-state index is 13.0. The summed E-state index contributed by atoms with van der Waals surface area (Å²) in [7, 11) is 0. The zero-order valence-corrected chi connectivity index (χ0v) is 16.1. The van der Waals surface area contributed by atoms with Gasteiger partial charge in [-0.3, -0.25) is 9.36 Å². The first-order valence-corrected chi connectivity index (χ1v) is 10.6. The van der Waals surface area contributed by atoms with Gasteiger partial charge in [-0.15, -0.1) is 5.10 Å². The van der Waals surface area contributed by atoms with Crippen molar-refractivity contribution < 1.29 is 0 Å². The smallest absolute Gasteiger partial charge is 0.281 e. The van der Waals surface area contributed by atoms with Gasteiger partial charge in [-0.2, -0.15) is 9.50 Å². The number of hydrogen-bond acceptors (Lipinski definition) is 4. The molecule has 0 unspecified atom stereocenters. The zero-order valence-electron chi connectivity index (χ0n) is 16.1. The van der Waals surface area contributed by atoms with Crippen molar-refractivity contribution in [2.45, 2.75) is 83.6 Å². The Kier molecular flexibility index (Phi) is 4.25. The minimum absolute atomic E-state index is 0.0339. The molecule has 3 aromatic rings. The van der Waals surface area contributed by atoms with Crippen LogP contribution in [0.25, 0.3) is 16.9 Å². The molecule has 0 saturated heterocycles. The van der Waals surface area contributed by atoms with Gasteiger partial charge in [-0.1, -0.05) is 44.9 Å². The maximum absolute atomic E-state index is 13.0. The molecule has 0 aromatic carbocycles. The second-order valence-corrected chi connectivity index (χ2v) is 8.30. The standard InChI is InChI=1S/C20H28N6O/c1-2-25-19(27)16-18(23-17(22-16)14-10-6-7-11-14)26-20(25)21-15(24-26)12-13-8-4-3-5-9-13/h13-14H,2-12H2,1H3,(H,22,23). The Morgan fingerprint density at radius 3 is 2.52 bits per heavy atom. The van der Waals surface area contributed by atoms with Gasteiger partial charge in [0, 0.05) is 18.9 Å². The fourth-order valence-electron chi connectivity index (χ4n) is 4.99. The van der Waals surface area contributed by atoms with E-state index in [1.54, 1.807) is 9.08 Å². The highest BCUT2D eigenvalue weighted by molar-refractivity contribution is 5.72. The summed E-state index contributed by atoms with van der Waals surface area (Å²) in [5.41, 5.74) is 1.18. The lowest BCUT2D eigenvalue weighted by molar-refractivity contribution is 0.351. The number of aromatic nitrogens is 6. The Labute approximate surface area is 158 Å². The summed E-state index contributed by atoms with van der Waals surface area (Å²) < 4.78 is 3.52. The molecule has 144 valence electrons. The lowest BCUT2D eigenvalue weighted by Gasteiger charge is -2.19. The van der Waals surface area contributed by atoms with Crippen molar-refractivity contribution in [1.29, 1.82) is 0 Å². The number of hydrogen-bond donors (Lipinski definition) is 1. The Morgan fingerprint density at radius 2 is 1.78 bits per heavy atom. The number of nitrogens with zero attached hydrogens (tertiary/aromatic N) is 5. The maximum Gasteiger partial charge on any atom is 0.281 e. The van der Waals surface area contributed by atoms with Crippen LogP contribution in [0.3, 0.4) is 0 Å². The molecule has 0 aliphatic heterocycles. The molecule has 5 rings (SSSR count). The average molecular weight is 368 g/mol. The van der Waals surface area contributed by atoms with Gasteiger partial charge in [0.2, 0.25) is 5.78 Å². The van der Waals surface area contributed by atoms with Gasteiger partial charge in [-0.25, -0.2) is 4.98 Å². The van der Waals surface area contributed by atoms with E-state index in [0.29, 0.717) is 35.3 Å². The molecule has 0 atom stereocenters. The summed E-state index contributed by atoms with van der Waals surface area (Å²) >= 11 is 0. The van der Waals surface area contributed by atoms with Crippen molar-refractivity contribution in [3.05, 3.63) is 22.0 Å². The van der Waals surface area contributed by atoms with Crippen molar-refractivity contribution in [1.82, 2.24) is 29.1 Å². The van der Waals surface area contributed by atoms with E-state index >= 15 is 0 Å². The van der Waals surface area contributed by atoms with Crippen molar-refractivity contribution >= 4 is 16.9 Å². The fourth-order valence-corrected chi connectivity index (χ4v) is 4.99. The summed E-state index contributed by atoms with van der Waals surface area (Å²) in [6, 6.07) is 0. The van der Waals surface area contributed by atoms with Crippen LogP contribution in [-0.4, -0.2) is 29.1 Å². The third-order valence-electron chi connectivity index (χ3n) is 6.49. The molecule has 1 N–H and O–H groups in total. The van der Waals surface area contributed by atoms with E-state index in [0.717, 1.165) is 30.9 Å². The first-order chi connectivity index (χ1) is 13.2. The van der Waals surface area contributed by atoms with Crippen LogP contribution in [0.4, 0.5) is 0 Å². The largest absolute Gasteiger partial charge is 0.336 e. The molecule has 27 heavy (non-hydrogen) atoms. The molecule has 2 saturated carbocycles. The van der Waals surface area contributed by atoms with Crippen LogP contribution in [0.2, 0.25) is 0 Å². The van der Waals surface area contributed by atoms with Crippen LogP contribution in [-0.2, 0) is 13.0 Å². The third kappa shape index (κ3) is 2.87. The lowest BCUT2D eigenvalue weighted by atomic mass is 9.87. The second-order valence-electron chi connectivity index (χ2n) is 8.30. The van der Waals surface area contributed by atoms with E-state index < -0.39 is 0 Å². The lowest BCUT2D eigenvalue weighted by Crippen LogP contribution is -2.22. The highest BCUT2D eigenvalue weighted by Gasteiger charge is 2.24. The minimum Gasteiger partial charge on any atom is -0.336 e. The van der Waals surface area contributed by atoms with E-state index in [-0.39, 0.29) is 5.56 Å². The molecule has 2 aliphatic carbocycles. The van der Waals surface area contributed by atoms with Crippen molar-refractivity contribution in [3.8, 4) is 0 Å². The van der Waals surface area contributed by atoms with Gasteiger partial charge in [0.05, 0.1) is 0 Å². The predicted octanol–water partition coefficient (Wildman–Crippen LogP) is 3.57. The number of fused-ring (bicyclic) bond motifs is 3. The number of H-pyrrole nitrogens is 1. The number of imidazole rings is 1. The summed E-state index contributed by atoms with van der Waals surface area (Å²) in [5.74, 6) is 3.53. The fraction of sp³-hybridized carbons (Fsp3) is 0.700. The van der Waals surface area contributed by atoms with Gasteiger partial charge in [0.1, 0.15) is 5.82 Å². The summed E-state index contributed by atoms with van der Waals surface area (Å²) in [6.45, 7) is 2.56. The quantitative estimate of drug-likeness (QED) is 0.763. The molecular formula is C20H28N6O. The molecule has 2 fully saturated rings. The third-order valence-corrected chi connectivity index (χ3v) is 6.49. The van der Waals surface area contributed by atoms with E-state index in [2.05, 4.69) is 4.98 Å². The van der Waals surface area contributed by atoms with Gasteiger partial charge in [0.15, 0.2) is 17.0 Å². The van der Waals surface area contributed by atoms with Crippen LogP contribution < -0.4 is 5.56 Å². The van der Waals surface area contributed by atoms with Crippen LogP contribution >= 0.6 is 0 Å². The van der Waals surface area contributed by atoms with E-state index in [9.17, 15) is 4.79 Å². The van der Waals surface area contributed by atoms with Crippen LogP contribution in [0.1, 0.15) is 82.3 Å². The SMILES string of the molecule is CCn1c(=O)c2[nH]c(C3CCCC3)nc2n2nc(CC3CCCCC3)nc12. The van der Waals surface area contributed by atoms with Crippen molar-refractivity contribution in [2.75, 3.05) is 0 Å². The van der Waals surface area contributed by atoms with Gasteiger partial charge in [0.25, 0.3) is 5.56 Å². The van der Waals surface area contributed by atoms with E-state index in [1.807, 2.05) is 6.92 Å². The molecule has 3 heterocycles. The number of nitrogens with one attached hydrogen (secondary N) is 1. The predicted molar refractivity (Wildman–Crippen MR) is 104 cm³/mol. The minimum atomic E-state index is -0.0339. The van der Waals surface area contributed by atoms with Crippen LogP contribution in [0.5, 0.6) is 0 Å². The first-order valence-electron chi connectivity index (χ1n) is 10.6. The first kappa shape index (κ1) is 17.0. The number of aromatic amines is 1. The topological polar surface area (TPSA) is 80.9 Å². The molecule has 0 spiro atoms. The van der Waals surface area contributed by atoms with Gasteiger partial charge < -0.3 is 4.98 Å². The Hall–Kier alpha value is -2.18. The number of rotatable bonds is 4. The molecule has 2 aliphatic rings. The Morgan fingerprint density at radius 1 is 1.04 bits per heavy atom. The highest BCUT2D eigenvalue weighted by atomic mass is 16.1. The monoisotopic (exact) mass is 368 g/mol. The Balaban J connectivity index is 1.62. The normalized spacial score (nSPS) is 19.6. The van der Waals surface area contributed by atoms with Crippen LogP contribution in [0.15, 0.2) is 4.79 Å². The van der Waals surface area contributed by atoms with Gasteiger partial charge >= 0.3 is 0 Å². The highest BCUT2D eigenvalue weighted by Crippen LogP contribution is 2.33. The second kappa shape index (κ2) is 6.77. The zero-order chi connectivity index (χ0) is 18.4. The summed E-state index contributed by atoms with van der Waals surface area (Å²) in [4.78, 5) is 25.9. The summed E-state index contributed by atoms with van der Waals surface area (Å²) in [5, 5.41) is 4.79.